The molecule has 0 unspecified atom stereocenters. The van der Waals surface area contributed by atoms with E-state index in [1.807, 2.05) is 37.3 Å². The molecule has 0 spiro atoms. The predicted octanol–water partition coefficient (Wildman–Crippen LogP) is 3.17. The Morgan fingerprint density at radius 1 is 0.952 bits per heavy atom. The maximum Gasteiger partial charge on any atom is 0.344 e. The molecule has 1 saturated heterocycles. The summed E-state index contributed by atoms with van der Waals surface area (Å²) in [5, 5.41) is 2.69. The number of benzene rings is 3. The molecule has 3 aromatic rings. The van der Waals surface area contributed by atoms with Crippen molar-refractivity contribution in [1.29, 1.82) is 0 Å². The summed E-state index contributed by atoms with van der Waals surface area (Å²) in [6, 6.07) is 20.5. The van der Waals surface area contributed by atoms with E-state index in [0.717, 1.165) is 11.1 Å². The molecule has 0 saturated carbocycles. The molecular formula is C31H34N2O8S. The van der Waals surface area contributed by atoms with Crippen LogP contribution in [0.4, 0.5) is 0 Å². The Morgan fingerprint density at radius 3 is 2.31 bits per heavy atom. The normalized spacial score (nSPS) is 15.9. The van der Waals surface area contributed by atoms with E-state index in [1.165, 1.54) is 23.5 Å². The number of ether oxygens (including phenoxy) is 3. The van der Waals surface area contributed by atoms with Gasteiger partial charge >= 0.3 is 11.9 Å². The number of hydrogen-bond donors (Lipinski definition) is 1. The van der Waals surface area contributed by atoms with Gasteiger partial charge in [-0.1, -0.05) is 60.2 Å². The second kappa shape index (κ2) is 14.1. The smallest absolute Gasteiger partial charge is 0.344 e. The van der Waals surface area contributed by atoms with Gasteiger partial charge in [-0.3, -0.25) is 4.79 Å². The lowest BCUT2D eigenvalue weighted by Crippen LogP contribution is -2.51. The summed E-state index contributed by atoms with van der Waals surface area (Å²) in [5.74, 6) is -1.30. The van der Waals surface area contributed by atoms with E-state index in [9.17, 15) is 22.8 Å². The van der Waals surface area contributed by atoms with Crippen molar-refractivity contribution in [3.05, 3.63) is 95.6 Å². The summed E-state index contributed by atoms with van der Waals surface area (Å²) in [7, 11) is -2.67. The van der Waals surface area contributed by atoms with Gasteiger partial charge in [0.2, 0.25) is 15.9 Å². The predicted molar refractivity (Wildman–Crippen MR) is 154 cm³/mol. The highest BCUT2D eigenvalue weighted by Gasteiger charge is 2.40. The summed E-state index contributed by atoms with van der Waals surface area (Å²) >= 11 is 0. The van der Waals surface area contributed by atoms with Crippen LogP contribution in [0.5, 0.6) is 5.75 Å². The fraction of sp³-hybridized carbons (Fsp3) is 0.323. The Kier molecular flexibility index (Phi) is 10.3. The maximum atomic E-state index is 13.3. The number of nitrogens with one attached hydrogen (secondary N) is 1. The third-order valence-corrected chi connectivity index (χ3v) is 8.82. The zero-order valence-corrected chi connectivity index (χ0v) is 24.3. The third-order valence-electron chi connectivity index (χ3n) is 6.90. The molecule has 10 nitrogen and oxygen atoms in total. The quantitative estimate of drug-likeness (QED) is 0.317. The topological polar surface area (TPSA) is 128 Å². The highest BCUT2D eigenvalue weighted by molar-refractivity contribution is 7.89. The average molecular weight is 595 g/mol. The van der Waals surface area contributed by atoms with Gasteiger partial charge in [0.1, 0.15) is 24.4 Å². The van der Waals surface area contributed by atoms with Gasteiger partial charge in [0.15, 0.2) is 6.61 Å². The van der Waals surface area contributed by atoms with Crippen LogP contribution in [-0.4, -0.2) is 62.9 Å². The van der Waals surface area contributed by atoms with Gasteiger partial charge in [-0.25, -0.2) is 18.0 Å². The second-order valence-corrected chi connectivity index (χ2v) is 11.8. The van der Waals surface area contributed by atoms with Crippen LogP contribution in [0.25, 0.3) is 0 Å². The standard InChI is InChI=1S/C31H34N2O8S/c1-22-10-16-26(17-11-22)42(37,38)33-18-6-9-28(33)30(35)32-27(31(36)39-2)19-23-12-14-25(15-13-23)40-21-29(34)41-20-24-7-4-3-5-8-24/h3-5,7-8,10-17,27-28H,6,9,18-21H2,1-2H3,(H,32,35)/t27-,28-/m0/s1. The molecule has 4 rings (SSSR count). The Hall–Kier alpha value is -4.22. The first-order chi connectivity index (χ1) is 20.2. The van der Waals surface area contributed by atoms with Crippen molar-refractivity contribution in [2.45, 2.75) is 49.8 Å². The molecule has 0 aliphatic carbocycles. The van der Waals surface area contributed by atoms with Crippen molar-refractivity contribution in [2.24, 2.45) is 0 Å². The molecule has 222 valence electrons. The molecule has 42 heavy (non-hydrogen) atoms. The average Bonchev–Trinajstić information content (AvgIpc) is 3.51. The molecule has 1 fully saturated rings. The van der Waals surface area contributed by atoms with Crippen LogP contribution in [0.2, 0.25) is 0 Å². The van der Waals surface area contributed by atoms with E-state index >= 15 is 0 Å². The van der Waals surface area contributed by atoms with Crippen LogP contribution in [0.3, 0.4) is 0 Å². The number of sulfonamides is 1. The lowest BCUT2D eigenvalue weighted by molar-refractivity contribution is -0.147. The first-order valence-corrected chi connectivity index (χ1v) is 15.0. The van der Waals surface area contributed by atoms with E-state index in [0.29, 0.717) is 24.2 Å². The number of amides is 1. The van der Waals surface area contributed by atoms with Gasteiger partial charge in [-0.05, 0) is 55.2 Å². The van der Waals surface area contributed by atoms with Crippen LogP contribution >= 0.6 is 0 Å². The molecule has 1 aliphatic rings. The molecule has 1 aliphatic heterocycles. The minimum atomic E-state index is -3.90. The minimum Gasteiger partial charge on any atom is -0.482 e. The summed E-state index contributed by atoms with van der Waals surface area (Å²) in [6.07, 6.45) is 0.965. The van der Waals surface area contributed by atoms with Gasteiger partial charge in [0, 0.05) is 13.0 Å². The Morgan fingerprint density at radius 2 is 1.64 bits per heavy atom. The van der Waals surface area contributed by atoms with Crippen LogP contribution in [0.15, 0.2) is 83.8 Å². The van der Waals surface area contributed by atoms with E-state index < -0.39 is 40.0 Å². The number of carbonyl (C=O) groups excluding carboxylic acids is 3. The molecule has 0 bridgehead atoms. The van der Waals surface area contributed by atoms with E-state index in [1.54, 1.807) is 36.4 Å². The molecule has 0 radical (unpaired) electrons. The molecule has 2 atom stereocenters. The summed E-state index contributed by atoms with van der Waals surface area (Å²) in [5.41, 5.74) is 2.49. The van der Waals surface area contributed by atoms with Gasteiger partial charge in [0.25, 0.3) is 0 Å². The molecule has 3 aromatic carbocycles. The molecule has 1 N–H and O–H groups in total. The fourth-order valence-corrected chi connectivity index (χ4v) is 6.27. The first-order valence-electron chi connectivity index (χ1n) is 13.6. The number of methoxy groups -OCH3 is 1. The first kappa shape index (κ1) is 30.7. The number of nitrogens with zero attached hydrogens (tertiary/aromatic N) is 1. The van der Waals surface area contributed by atoms with E-state index in [4.69, 9.17) is 14.2 Å². The van der Waals surface area contributed by atoms with Gasteiger partial charge in [-0.2, -0.15) is 4.31 Å². The fourth-order valence-electron chi connectivity index (χ4n) is 4.62. The van der Waals surface area contributed by atoms with Crippen molar-refractivity contribution in [2.75, 3.05) is 20.3 Å². The third kappa shape index (κ3) is 7.95. The van der Waals surface area contributed by atoms with Gasteiger partial charge < -0.3 is 19.5 Å². The Bertz CT molecular complexity index is 1480. The summed E-state index contributed by atoms with van der Waals surface area (Å²) in [6.45, 7) is 1.95. The number of esters is 2. The lowest BCUT2D eigenvalue weighted by Gasteiger charge is -2.25. The minimum absolute atomic E-state index is 0.106. The summed E-state index contributed by atoms with van der Waals surface area (Å²) < 4.78 is 43.3. The number of carbonyl (C=O) groups is 3. The molecule has 0 aromatic heterocycles. The Balaban J connectivity index is 1.34. The van der Waals surface area contributed by atoms with Crippen LogP contribution < -0.4 is 10.1 Å². The lowest BCUT2D eigenvalue weighted by atomic mass is 10.0. The zero-order chi connectivity index (χ0) is 30.1. The van der Waals surface area contributed by atoms with Crippen molar-refractivity contribution in [3.8, 4) is 5.75 Å². The summed E-state index contributed by atoms with van der Waals surface area (Å²) in [4.78, 5) is 38.0. The largest absolute Gasteiger partial charge is 0.482 e. The van der Waals surface area contributed by atoms with Crippen molar-refractivity contribution >= 4 is 27.9 Å². The van der Waals surface area contributed by atoms with E-state index in [-0.39, 0.29) is 31.1 Å². The van der Waals surface area contributed by atoms with E-state index in [2.05, 4.69) is 5.32 Å². The number of aryl methyl sites for hydroxylation is 1. The maximum absolute atomic E-state index is 13.3. The van der Waals surface area contributed by atoms with Crippen molar-refractivity contribution < 1.29 is 37.0 Å². The monoisotopic (exact) mass is 594 g/mol. The van der Waals surface area contributed by atoms with Crippen molar-refractivity contribution in [1.82, 2.24) is 9.62 Å². The van der Waals surface area contributed by atoms with Crippen LogP contribution in [0, 0.1) is 6.92 Å². The molecule has 1 heterocycles. The SMILES string of the molecule is COC(=O)[C@H](Cc1ccc(OCC(=O)OCc2ccccc2)cc1)NC(=O)[C@@H]1CCCN1S(=O)(=O)c1ccc(C)cc1. The Labute approximate surface area is 245 Å². The number of rotatable bonds is 12. The highest BCUT2D eigenvalue weighted by Crippen LogP contribution is 2.27. The number of hydrogen-bond acceptors (Lipinski definition) is 8. The zero-order valence-electron chi connectivity index (χ0n) is 23.5. The molecule has 11 heteroatoms. The molecular weight excluding hydrogens is 560 g/mol. The van der Waals surface area contributed by atoms with Gasteiger partial charge in [-0.15, -0.1) is 0 Å². The van der Waals surface area contributed by atoms with Crippen molar-refractivity contribution in [3.63, 3.8) is 0 Å². The molecule has 1 amide bonds. The van der Waals surface area contributed by atoms with Crippen LogP contribution in [0.1, 0.15) is 29.5 Å². The van der Waals surface area contributed by atoms with Gasteiger partial charge in [0.05, 0.1) is 12.0 Å². The van der Waals surface area contributed by atoms with Crippen LogP contribution in [-0.2, 0) is 46.9 Å². The second-order valence-electron chi connectivity index (χ2n) is 9.95. The highest BCUT2D eigenvalue weighted by atomic mass is 32.2.